The van der Waals surface area contributed by atoms with E-state index < -0.39 is 0 Å². The highest BCUT2D eigenvalue weighted by molar-refractivity contribution is 7.99. The number of carbonyl (C=O) groups is 1. The first-order chi connectivity index (χ1) is 12.7. The first-order valence-electron chi connectivity index (χ1n) is 8.24. The lowest BCUT2D eigenvalue weighted by Gasteiger charge is -2.14. The molecule has 134 valence electrons. The van der Waals surface area contributed by atoms with Crippen molar-refractivity contribution in [1.29, 1.82) is 0 Å². The number of rotatable bonds is 8. The van der Waals surface area contributed by atoms with Gasteiger partial charge in [-0.25, -0.2) is 0 Å². The molecule has 26 heavy (non-hydrogen) atoms. The molecule has 0 radical (unpaired) electrons. The van der Waals surface area contributed by atoms with Gasteiger partial charge in [-0.15, -0.1) is 16.8 Å². The summed E-state index contributed by atoms with van der Waals surface area (Å²) in [4.78, 5) is 12.3. The van der Waals surface area contributed by atoms with Gasteiger partial charge in [0.25, 0.3) is 0 Å². The maximum Gasteiger partial charge on any atom is 0.230 e. The number of nitrogens with one attached hydrogen (secondary N) is 1. The lowest BCUT2D eigenvalue weighted by molar-refractivity contribution is -0.119. The van der Waals surface area contributed by atoms with Gasteiger partial charge in [-0.3, -0.25) is 9.36 Å². The molecular formula is C19H20N4O2S. The van der Waals surface area contributed by atoms with Crippen LogP contribution in [0.4, 0.5) is 0 Å². The molecule has 0 saturated carbocycles. The Bertz CT molecular complexity index is 859. The van der Waals surface area contributed by atoms with E-state index in [1.165, 1.54) is 11.8 Å². The number of thioether (sulfide) groups is 1. The summed E-state index contributed by atoms with van der Waals surface area (Å²) in [6.45, 7) is 6.27. The molecule has 1 aromatic carbocycles. The summed E-state index contributed by atoms with van der Waals surface area (Å²) in [6, 6.07) is 13.4. The molecule has 0 aliphatic rings. The zero-order valence-electron chi connectivity index (χ0n) is 14.5. The minimum absolute atomic E-state index is 0.0472. The van der Waals surface area contributed by atoms with Crippen molar-refractivity contribution in [2.24, 2.45) is 0 Å². The molecule has 6 nitrogen and oxygen atoms in total. The second kappa shape index (κ2) is 8.53. The van der Waals surface area contributed by atoms with Gasteiger partial charge in [-0.2, -0.15) is 0 Å². The van der Waals surface area contributed by atoms with Crippen molar-refractivity contribution in [1.82, 2.24) is 20.1 Å². The van der Waals surface area contributed by atoms with E-state index in [4.69, 9.17) is 4.42 Å². The maximum absolute atomic E-state index is 12.3. The standard InChI is InChI=1S/C19H20N4O2S/c1-3-11-23-18(16-10-7-12-25-16)21-22-19(23)26-13-17(24)20-14(2)15-8-5-4-6-9-15/h3-10,12,14H,1,11,13H2,2H3,(H,20,24)/t14-/m1/s1. The highest BCUT2D eigenvalue weighted by Crippen LogP contribution is 2.24. The number of benzene rings is 1. The molecular weight excluding hydrogens is 348 g/mol. The molecule has 2 aromatic heterocycles. The Balaban J connectivity index is 1.64. The van der Waals surface area contributed by atoms with Crippen LogP contribution >= 0.6 is 11.8 Å². The summed E-state index contributed by atoms with van der Waals surface area (Å²) in [5, 5.41) is 12.0. The molecule has 0 bridgehead atoms. The molecule has 0 saturated heterocycles. The predicted molar refractivity (Wildman–Crippen MR) is 102 cm³/mol. The number of hydrogen-bond donors (Lipinski definition) is 1. The van der Waals surface area contributed by atoms with Crippen molar-refractivity contribution in [2.75, 3.05) is 5.75 Å². The first-order valence-corrected chi connectivity index (χ1v) is 9.22. The maximum atomic E-state index is 12.3. The highest BCUT2D eigenvalue weighted by atomic mass is 32.2. The van der Waals surface area contributed by atoms with Crippen LogP contribution in [-0.2, 0) is 11.3 Å². The van der Waals surface area contributed by atoms with Crippen LogP contribution < -0.4 is 5.32 Å². The third kappa shape index (κ3) is 4.23. The van der Waals surface area contributed by atoms with Gasteiger partial charge in [0.05, 0.1) is 18.1 Å². The van der Waals surface area contributed by atoms with E-state index in [1.54, 1.807) is 18.4 Å². The van der Waals surface area contributed by atoms with Crippen molar-refractivity contribution in [3.05, 3.63) is 66.9 Å². The average molecular weight is 368 g/mol. The zero-order valence-corrected chi connectivity index (χ0v) is 15.3. The second-order valence-electron chi connectivity index (χ2n) is 5.67. The first kappa shape index (κ1) is 18.0. The predicted octanol–water partition coefficient (Wildman–Crippen LogP) is 3.69. The summed E-state index contributed by atoms with van der Waals surface area (Å²) < 4.78 is 7.28. The molecule has 1 amide bonds. The van der Waals surface area contributed by atoms with Crippen LogP contribution in [0.25, 0.3) is 11.6 Å². The van der Waals surface area contributed by atoms with Crippen molar-refractivity contribution < 1.29 is 9.21 Å². The van der Waals surface area contributed by atoms with Gasteiger partial charge >= 0.3 is 0 Å². The fraction of sp³-hybridized carbons (Fsp3) is 0.211. The van der Waals surface area contributed by atoms with Crippen LogP contribution in [0.2, 0.25) is 0 Å². The molecule has 0 unspecified atom stereocenters. The highest BCUT2D eigenvalue weighted by Gasteiger charge is 2.17. The van der Waals surface area contributed by atoms with E-state index >= 15 is 0 Å². The summed E-state index contributed by atoms with van der Waals surface area (Å²) in [7, 11) is 0. The number of carbonyl (C=O) groups excluding carboxylic acids is 1. The van der Waals surface area contributed by atoms with Gasteiger partial charge in [0, 0.05) is 6.54 Å². The molecule has 3 aromatic rings. The molecule has 1 atom stereocenters. The lowest BCUT2D eigenvalue weighted by Crippen LogP contribution is -2.28. The van der Waals surface area contributed by atoms with Crippen LogP contribution in [0.15, 0.2) is 71.0 Å². The third-order valence-corrected chi connectivity index (χ3v) is 4.75. The number of amides is 1. The molecule has 1 N–H and O–H groups in total. The molecule has 2 heterocycles. The molecule has 0 aliphatic heterocycles. The molecule has 0 spiro atoms. The molecule has 7 heteroatoms. The lowest BCUT2D eigenvalue weighted by atomic mass is 10.1. The Morgan fingerprint density at radius 2 is 2.12 bits per heavy atom. The minimum atomic E-state index is -0.0564. The summed E-state index contributed by atoms with van der Waals surface area (Å²) >= 11 is 1.34. The number of nitrogens with zero attached hydrogens (tertiary/aromatic N) is 3. The van der Waals surface area contributed by atoms with Crippen molar-refractivity contribution in [2.45, 2.75) is 24.7 Å². The van der Waals surface area contributed by atoms with E-state index in [0.717, 1.165) is 5.56 Å². The third-order valence-electron chi connectivity index (χ3n) is 3.78. The Morgan fingerprint density at radius 3 is 2.81 bits per heavy atom. The Morgan fingerprint density at radius 1 is 1.31 bits per heavy atom. The van der Waals surface area contributed by atoms with Gasteiger partial charge in [0.15, 0.2) is 10.9 Å². The van der Waals surface area contributed by atoms with Crippen LogP contribution in [0.5, 0.6) is 0 Å². The summed E-state index contributed by atoms with van der Waals surface area (Å²) in [6.07, 6.45) is 3.35. The van der Waals surface area contributed by atoms with Crippen LogP contribution in [0.3, 0.4) is 0 Å². The topological polar surface area (TPSA) is 73.0 Å². The monoisotopic (exact) mass is 368 g/mol. The van der Waals surface area contributed by atoms with Crippen molar-refractivity contribution in [3.63, 3.8) is 0 Å². The van der Waals surface area contributed by atoms with Gasteiger partial charge in [-0.05, 0) is 24.6 Å². The quantitative estimate of drug-likeness (QED) is 0.485. The molecule has 3 rings (SSSR count). The minimum Gasteiger partial charge on any atom is -0.461 e. The normalized spacial score (nSPS) is 11.9. The van der Waals surface area contributed by atoms with E-state index in [0.29, 0.717) is 23.3 Å². The number of allylic oxidation sites excluding steroid dienone is 1. The second-order valence-corrected chi connectivity index (χ2v) is 6.61. The zero-order chi connectivity index (χ0) is 18.4. The average Bonchev–Trinajstić information content (AvgIpc) is 3.31. The van der Waals surface area contributed by atoms with E-state index in [1.807, 2.05) is 47.9 Å². The smallest absolute Gasteiger partial charge is 0.230 e. The molecule has 0 aliphatic carbocycles. The van der Waals surface area contributed by atoms with E-state index in [9.17, 15) is 4.79 Å². The SMILES string of the molecule is C=CCn1c(SCC(=O)N[C@H](C)c2ccccc2)nnc1-c1ccco1. The van der Waals surface area contributed by atoms with Gasteiger partial charge in [-0.1, -0.05) is 48.2 Å². The van der Waals surface area contributed by atoms with Gasteiger partial charge in [0.2, 0.25) is 11.7 Å². The Kier molecular flexibility index (Phi) is 5.91. The van der Waals surface area contributed by atoms with Crippen LogP contribution in [0.1, 0.15) is 18.5 Å². The summed E-state index contributed by atoms with van der Waals surface area (Å²) in [5.74, 6) is 1.45. The fourth-order valence-corrected chi connectivity index (χ4v) is 3.27. The van der Waals surface area contributed by atoms with Crippen molar-refractivity contribution >= 4 is 17.7 Å². The van der Waals surface area contributed by atoms with Crippen LogP contribution in [0, 0.1) is 0 Å². The van der Waals surface area contributed by atoms with Crippen molar-refractivity contribution in [3.8, 4) is 11.6 Å². The van der Waals surface area contributed by atoms with E-state index in [2.05, 4.69) is 22.1 Å². The fourth-order valence-electron chi connectivity index (χ4n) is 2.52. The molecule has 0 fully saturated rings. The van der Waals surface area contributed by atoms with Gasteiger partial charge in [0.1, 0.15) is 0 Å². The van der Waals surface area contributed by atoms with E-state index in [-0.39, 0.29) is 17.7 Å². The van der Waals surface area contributed by atoms with Crippen LogP contribution in [-0.4, -0.2) is 26.4 Å². The Hall–Kier alpha value is -2.80. The number of hydrogen-bond acceptors (Lipinski definition) is 5. The Labute approximate surface area is 156 Å². The number of aromatic nitrogens is 3. The van der Waals surface area contributed by atoms with Gasteiger partial charge < -0.3 is 9.73 Å². The largest absolute Gasteiger partial charge is 0.461 e. The number of furan rings is 1. The summed E-state index contributed by atoms with van der Waals surface area (Å²) in [5.41, 5.74) is 1.07.